The molecule has 6 nitrogen and oxygen atoms in total. The summed E-state index contributed by atoms with van der Waals surface area (Å²) in [6.45, 7) is 2.77. The average molecular weight is 385 g/mol. The van der Waals surface area contributed by atoms with Crippen molar-refractivity contribution in [3.63, 3.8) is 0 Å². The third kappa shape index (κ3) is 4.07. The fraction of sp³-hybridized carbons (Fsp3) is 0.300. The highest BCUT2D eigenvalue weighted by Gasteiger charge is 2.16. The highest BCUT2D eigenvalue weighted by molar-refractivity contribution is 6.32. The summed E-state index contributed by atoms with van der Waals surface area (Å²) in [6.07, 6.45) is 3.76. The van der Waals surface area contributed by atoms with Gasteiger partial charge < -0.3 is 20.5 Å². The number of benzene rings is 2. The fourth-order valence-electron chi connectivity index (χ4n) is 3.27. The summed E-state index contributed by atoms with van der Waals surface area (Å²) in [5.41, 5.74) is 1.53. The molecular weight excluding hydrogens is 364 g/mol. The maximum Gasteiger partial charge on any atom is 0.145 e. The SMILES string of the molecule is Oc1ccc(Nc2ncnc3cccc(OCC4CCNCC4)c23)cc1Cl. The van der Waals surface area contributed by atoms with E-state index in [-0.39, 0.29) is 10.8 Å². The number of hydrogen-bond donors (Lipinski definition) is 3. The first-order valence-corrected chi connectivity index (χ1v) is 9.41. The van der Waals surface area contributed by atoms with E-state index in [4.69, 9.17) is 16.3 Å². The number of phenols is 1. The van der Waals surface area contributed by atoms with Gasteiger partial charge in [-0.1, -0.05) is 17.7 Å². The number of aromatic nitrogens is 2. The van der Waals surface area contributed by atoms with Gasteiger partial charge in [-0.2, -0.15) is 0 Å². The molecule has 1 aliphatic heterocycles. The highest BCUT2D eigenvalue weighted by atomic mass is 35.5. The quantitative estimate of drug-likeness (QED) is 0.574. The van der Waals surface area contributed by atoms with Crippen LogP contribution in [0.1, 0.15) is 12.8 Å². The summed E-state index contributed by atoms with van der Waals surface area (Å²) in [5.74, 6) is 2.00. The van der Waals surface area contributed by atoms with Crippen molar-refractivity contribution in [3.05, 3.63) is 47.7 Å². The molecule has 0 atom stereocenters. The normalized spacial score (nSPS) is 15.0. The molecule has 2 heterocycles. The van der Waals surface area contributed by atoms with E-state index >= 15 is 0 Å². The van der Waals surface area contributed by atoms with Crippen molar-refractivity contribution < 1.29 is 9.84 Å². The molecule has 1 saturated heterocycles. The van der Waals surface area contributed by atoms with Gasteiger partial charge in [-0.05, 0) is 62.2 Å². The zero-order valence-corrected chi connectivity index (χ0v) is 15.5. The Morgan fingerprint density at radius 2 is 2.04 bits per heavy atom. The molecule has 0 spiro atoms. The van der Waals surface area contributed by atoms with Gasteiger partial charge in [0.25, 0.3) is 0 Å². The monoisotopic (exact) mass is 384 g/mol. The summed E-state index contributed by atoms with van der Waals surface area (Å²) in [7, 11) is 0. The first kappa shape index (κ1) is 17.8. The van der Waals surface area contributed by atoms with Crippen molar-refractivity contribution in [1.82, 2.24) is 15.3 Å². The van der Waals surface area contributed by atoms with Crippen molar-refractivity contribution in [2.75, 3.05) is 25.0 Å². The summed E-state index contributed by atoms with van der Waals surface area (Å²) in [4.78, 5) is 8.76. The number of aromatic hydroxyl groups is 1. The van der Waals surface area contributed by atoms with Crippen LogP contribution in [0.15, 0.2) is 42.7 Å². The molecule has 4 rings (SSSR count). The zero-order chi connectivity index (χ0) is 18.6. The maximum absolute atomic E-state index is 9.61. The molecule has 1 fully saturated rings. The predicted molar refractivity (Wildman–Crippen MR) is 107 cm³/mol. The van der Waals surface area contributed by atoms with Gasteiger partial charge in [0, 0.05) is 5.69 Å². The van der Waals surface area contributed by atoms with Gasteiger partial charge in [-0.15, -0.1) is 0 Å². The number of halogens is 1. The number of fused-ring (bicyclic) bond motifs is 1. The molecular formula is C20H21ClN4O2. The number of piperidine rings is 1. The van der Waals surface area contributed by atoms with Gasteiger partial charge in [0.05, 0.1) is 22.5 Å². The van der Waals surface area contributed by atoms with Crippen LogP contribution < -0.4 is 15.4 Å². The first-order chi connectivity index (χ1) is 13.2. The van der Waals surface area contributed by atoms with Crippen molar-refractivity contribution in [1.29, 1.82) is 0 Å². The molecule has 7 heteroatoms. The largest absolute Gasteiger partial charge is 0.506 e. The van der Waals surface area contributed by atoms with E-state index < -0.39 is 0 Å². The topological polar surface area (TPSA) is 79.3 Å². The molecule has 3 N–H and O–H groups in total. The van der Waals surface area contributed by atoms with Crippen LogP contribution in [0.4, 0.5) is 11.5 Å². The highest BCUT2D eigenvalue weighted by Crippen LogP contribution is 2.33. The third-order valence-corrected chi connectivity index (χ3v) is 5.07. The Morgan fingerprint density at radius 1 is 1.19 bits per heavy atom. The van der Waals surface area contributed by atoms with Crippen LogP contribution in [0.3, 0.4) is 0 Å². The second kappa shape index (κ2) is 7.98. The lowest BCUT2D eigenvalue weighted by Crippen LogP contribution is -2.30. The number of ether oxygens (including phenoxy) is 1. The lowest BCUT2D eigenvalue weighted by Gasteiger charge is -2.23. The summed E-state index contributed by atoms with van der Waals surface area (Å²) >= 11 is 6.01. The minimum absolute atomic E-state index is 0.0424. The van der Waals surface area contributed by atoms with Gasteiger partial charge in [-0.25, -0.2) is 9.97 Å². The van der Waals surface area contributed by atoms with E-state index in [1.165, 1.54) is 6.33 Å². The van der Waals surface area contributed by atoms with Gasteiger partial charge in [0.1, 0.15) is 23.6 Å². The van der Waals surface area contributed by atoms with Crippen LogP contribution in [-0.4, -0.2) is 34.8 Å². The van der Waals surface area contributed by atoms with Crippen LogP contribution in [0.5, 0.6) is 11.5 Å². The first-order valence-electron chi connectivity index (χ1n) is 9.03. The minimum Gasteiger partial charge on any atom is -0.506 e. The van der Waals surface area contributed by atoms with Crippen molar-refractivity contribution in [2.24, 2.45) is 5.92 Å². The molecule has 2 aromatic carbocycles. The van der Waals surface area contributed by atoms with Gasteiger partial charge in [-0.3, -0.25) is 0 Å². The lowest BCUT2D eigenvalue weighted by molar-refractivity contribution is 0.217. The van der Waals surface area contributed by atoms with E-state index in [9.17, 15) is 5.11 Å². The summed E-state index contributed by atoms with van der Waals surface area (Å²) < 4.78 is 6.17. The second-order valence-electron chi connectivity index (χ2n) is 6.67. The van der Waals surface area contributed by atoms with Gasteiger partial charge >= 0.3 is 0 Å². The van der Waals surface area contributed by atoms with Crippen LogP contribution in [0.25, 0.3) is 10.9 Å². The molecule has 0 radical (unpaired) electrons. The number of anilines is 2. The van der Waals surface area contributed by atoms with Gasteiger partial charge in [0.2, 0.25) is 0 Å². The molecule has 0 saturated carbocycles. The molecule has 27 heavy (non-hydrogen) atoms. The van der Waals surface area contributed by atoms with Crippen molar-refractivity contribution in [3.8, 4) is 11.5 Å². The molecule has 3 aromatic rings. The Hall–Kier alpha value is -2.57. The second-order valence-corrected chi connectivity index (χ2v) is 7.08. The lowest BCUT2D eigenvalue weighted by atomic mass is 9.99. The van der Waals surface area contributed by atoms with Crippen molar-refractivity contribution in [2.45, 2.75) is 12.8 Å². The number of phenolic OH excluding ortho intramolecular Hbond substituents is 1. The molecule has 0 unspecified atom stereocenters. The Labute approximate surface area is 162 Å². The average Bonchev–Trinajstić information content (AvgIpc) is 2.70. The standard InChI is InChI=1S/C20H21ClN4O2/c21-15-10-14(4-5-17(15)26)25-20-19-16(23-12-24-20)2-1-3-18(19)27-11-13-6-8-22-9-7-13/h1-5,10,12-13,22,26H,6-9,11H2,(H,23,24,25). The Balaban J connectivity index is 1.63. The van der Waals surface area contributed by atoms with Crippen molar-refractivity contribution >= 4 is 34.0 Å². The Bertz CT molecular complexity index is 939. The Morgan fingerprint density at radius 3 is 2.85 bits per heavy atom. The van der Waals surface area contributed by atoms with E-state index in [1.54, 1.807) is 18.2 Å². The summed E-state index contributed by atoms with van der Waals surface area (Å²) in [5, 5.41) is 17.3. The number of nitrogens with zero attached hydrogens (tertiary/aromatic N) is 2. The molecule has 1 aliphatic rings. The minimum atomic E-state index is 0.0424. The number of nitrogens with one attached hydrogen (secondary N) is 2. The predicted octanol–water partition coefficient (Wildman–Crippen LogP) is 4.11. The van der Waals surface area contributed by atoms with Crippen LogP contribution in [0, 0.1) is 5.92 Å². The van der Waals surface area contributed by atoms with E-state index in [1.807, 2.05) is 18.2 Å². The fourth-order valence-corrected chi connectivity index (χ4v) is 3.45. The van der Waals surface area contributed by atoms with Crippen LogP contribution in [0.2, 0.25) is 5.02 Å². The third-order valence-electron chi connectivity index (χ3n) is 4.77. The molecule has 0 bridgehead atoms. The van der Waals surface area contributed by atoms with Crippen LogP contribution >= 0.6 is 11.6 Å². The number of rotatable bonds is 5. The van der Waals surface area contributed by atoms with E-state index in [2.05, 4.69) is 20.6 Å². The molecule has 1 aromatic heterocycles. The molecule has 140 valence electrons. The van der Waals surface area contributed by atoms with E-state index in [0.717, 1.165) is 48.3 Å². The number of hydrogen-bond acceptors (Lipinski definition) is 6. The smallest absolute Gasteiger partial charge is 0.145 e. The summed E-state index contributed by atoms with van der Waals surface area (Å²) in [6, 6.07) is 10.8. The molecule has 0 aliphatic carbocycles. The maximum atomic E-state index is 9.61. The molecule has 0 amide bonds. The van der Waals surface area contributed by atoms with E-state index in [0.29, 0.717) is 18.3 Å². The Kier molecular flexibility index (Phi) is 5.27. The zero-order valence-electron chi connectivity index (χ0n) is 14.8. The van der Waals surface area contributed by atoms with Crippen LogP contribution in [-0.2, 0) is 0 Å². The van der Waals surface area contributed by atoms with Gasteiger partial charge in [0.15, 0.2) is 0 Å².